The molecule has 0 fully saturated rings. The van der Waals surface area contributed by atoms with Gasteiger partial charge in [-0.1, -0.05) is 50.2 Å². The van der Waals surface area contributed by atoms with E-state index < -0.39 is 29.7 Å². The topological polar surface area (TPSA) is 110 Å². The van der Waals surface area contributed by atoms with Gasteiger partial charge in [0.1, 0.15) is 6.04 Å². The van der Waals surface area contributed by atoms with E-state index in [9.17, 15) is 19.6 Å². The molecule has 1 aromatic heterocycles. The number of rotatable bonds is 12. The average Bonchev–Trinajstić information content (AvgIpc) is 3.31. The van der Waals surface area contributed by atoms with Gasteiger partial charge in [0.05, 0.1) is 16.0 Å². The third-order valence-electron chi connectivity index (χ3n) is 5.05. The van der Waals surface area contributed by atoms with Crippen LogP contribution in [0.3, 0.4) is 0 Å². The summed E-state index contributed by atoms with van der Waals surface area (Å²) >= 11 is 2.98. The van der Waals surface area contributed by atoms with Crippen molar-refractivity contribution in [3.05, 3.63) is 58.6 Å². The van der Waals surface area contributed by atoms with Gasteiger partial charge < -0.3 is 21.3 Å². The van der Waals surface area contributed by atoms with E-state index in [0.29, 0.717) is 18.6 Å². The maximum absolute atomic E-state index is 13.3. The van der Waals surface area contributed by atoms with E-state index in [-0.39, 0.29) is 41.4 Å². The first-order chi connectivity index (χ1) is 15.3. The van der Waals surface area contributed by atoms with Gasteiger partial charge in [-0.15, -0.1) is 23.1 Å². The summed E-state index contributed by atoms with van der Waals surface area (Å²) < 4.78 is 1.00. The number of nitrogens with one attached hydrogen (secondary N) is 3. The Balaban J connectivity index is 0.00000544. The van der Waals surface area contributed by atoms with Gasteiger partial charge in [-0.2, -0.15) is 0 Å². The molecule has 0 aliphatic carbocycles. The van der Waals surface area contributed by atoms with Crippen molar-refractivity contribution in [2.45, 2.75) is 36.9 Å². The molecular formula is C23H30N3NaO4S2. The Labute approximate surface area is 225 Å². The fourth-order valence-electron chi connectivity index (χ4n) is 3.44. The quantitative estimate of drug-likeness (QED) is 0.220. The molecule has 0 aliphatic heterocycles. The van der Waals surface area contributed by atoms with Crippen molar-refractivity contribution in [2.24, 2.45) is 17.8 Å². The number of hydroxylamine groups is 1. The van der Waals surface area contributed by atoms with Crippen molar-refractivity contribution >= 4 is 40.8 Å². The Morgan fingerprint density at radius 2 is 1.70 bits per heavy atom. The molecule has 0 saturated heterocycles. The summed E-state index contributed by atoms with van der Waals surface area (Å²) in [7, 11) is 1.52. The molecule has 3 N–H and O–H groups in total. The van der Waals surface area contributed by atoms with E-state index in [1.807, 2.05) is 61.7 Å². The molecule has 1 aromatic carbocycles. The van der Waals surface area contributed by atoms with E-state index in [1.165, 1.54) is 35.6 Å². The van der Waals surface area contributed by atoms with Crippen LogP contribution in [-0.4, -0.2) is 36.6 Å². The van der Waals surface area contributed by atoms with Gasteiger partial charge in [0.25, 0.3) is 0 Å². The third kappa shape index (κ3) is 9.80. The molecule has 0 saturated carbocycles. The van der Waals surface area contributed by atoms with Gasteiger partial charge in [-0.05, 0) is 29.3 Å². The summed E-state index contributed by atoms with van der Waals surface area (Å²) in [5, 5.41) is 18.6. The Kier molecular flexibility index (Phi) is 14.0. The van der Waals surface area contributed by atoms with E-state index in [4.69, 9.17) is 0 Å². The van der Waals surface area contributed by atoms with E-state index in [0.717, 1.165) is 9.77 Å². The second kappa shape index (κ2) is 15.5. The minimum absolute atomic E-state index is 0. The SMILES string of the molecule is CNC(=O)[C@H](Cc1ccccc1)NC(=O)[C@H](CC(C)C)[C@H](CSc1cccs1)C(=O)N[O-].[Na+]. The molecule has 3 atom stereocenters. The number of hydrogen-bond donors (Lipinski definition) is 3. The number of likely N-dealkylation sites (N-methyl/N-ethyl adjacent to an activating group) is 1. The maximum atomic E-state index is 13.3. The molecule has 0 spiro atoms. The zero-order chi connectivity index (χ0) is 23.5. The minimum Gasteiger partial charge on any atom is -0.759 e. The fraction of sp³-hybridized carbons (Fsp3) is 0.435. The Morgan fingerprint density at radius 3 is 2.24 bits per heavy atom. The van der Waals surface area contributed by atoms with Crippen molar-refractivity contribution in [3.63, 3.8) is 0 Å². The number of carbonyl (C=O) groups excluding carboxylic acids is 3. The monoisotopic (exact) mass is 499 g/mol. The molecule has 0 aliphatic rings. The molecule has 10 heteroatoms. The fourth-order valence-corrected chi connectivity index (χ4v) is 5.44. The zero-order valence-corrected chi connectivity index (χ0v) is 23.1. The first-order valence-corrected chi connectivity index (χ1v) is 12.4. The van der Waals surface area contributed by atoms with Crippen LogP contribution in [0.2, 0.25) is 0 Å². The molecule has 0 unspecified atom stereocenters. The van der Waals surface area contributed by atoms with Crippen LogP contribution in [0.25, 0.3) is 0 Å². The van der Waals surface area contributed by atoms with Gasteiger partial charge in [-0.25, -0.2) is 0 Å². The molecule has 174 valence electrons. The first-order valence-electron chi connectivity index (χ1n) is 10.5. The van der Waals surface area contributed by atoms with Gasteiger partial charge in [0.15, 0.2) is 0 Å². The predicted molar refractivity (Wildman–Crippen MR) is 129 cm³/mol. The van der Waals surface area contributed by atoms with Crippen molar-refractivity contribution in [1.82, 2.24) is 16.1 Å². The summed E-state index contributed by atoms with van der Waals surface area (Å²) in [6.45, 7) is 3.91. The van der Waals surface area contributed by atoms with Crippen molar-refractivity contribution in [1.29, 1.82) is 0 Å². The van der Waals surface area contributed by atoms with Crippen LogP contribution in [0.15, 0.2) is 52.1 Å². The Bertz CT molecular complexity index is 866. The van der Waals surface area contributed by atoms with E-state index in [1.54, 1.807) is 0 Å². The van der Waals surface area contributed by atoms with Crippen LogP contribution in [0.1, 0.15) is 25.8 Å². The summed E-state index contributed by atoms with van der Waals surface area (Å²) in [5.74, 6) is -2.57. The van der Waals surface area contributed by atoms with Crippen LogP contribution in [0, 0.1) is 23.0 Å². The van der Waals surface area contributed by atoms with Crippen molar-refractivity contribution in [2.75, 3.05) is 12.8 Å². The van der Waals surface area contributed by atoms with E-state index >= 15 is 0 Å². The number of carbonyl (C=O) groups is 3. The molecule has 7 nitrogen and oxygen atoms in total. The smallest absolute Gasteiger partial charge is 0.759 e. The molecule has 33 heavy (non-hydrogen) atoms. The largest absolute Gasteiger partial charge is 1.00 e. The third-order valence-corrected chi connectivity index (χ3v) is 7.30. The van der Waals surface area contributed by atoms with Crippen LogP contribution in [0.4, 0.5) is 0 Å². The standard InChI is InChI=1S/C23H30N3O4S2.Na/c1-15(2)12-17(18(22(28)26-30)14-32-20-10-7-11-31-20)21(27)25-19(23(29)24-3)13-16-8-5-4-6-9-16;/h4-11,15,17-19H,12-14H2,1-3H3,(H3-,24,25,26,27,28,29,30);/q-1;+1/t17-,18+,19+;/m1./s1. The Morgan fingerprint density at radius 1 is 1.00 bits per heavy atom. The number of thiophene rings is 1. The second-order valence-corrected chi connectivity index (χ2v) is 10.2. The summed E-state index contributed by atoms with van der Waals surface area (Å²) in [4.78, 5) is 38.3. The number of amides is 3. The van der Waals surface area contributed by atoms with Crippen LogP contribution < -0.4 is 45.7 Å². The zero-order valence-electron chi connectivity index (χ0n) is 19.5. The molecule has 3 amide bonds. The van der Waals surface area contributed by atoms with Gasteiger partial charge >= 0.3 is 29.6 Å². The molecule has 2 aromatic rings. The Hall–Kier alpha value is -1.36. The molecule has 0 radical (unpaired) electrons. The first kappa shape index (κ1) is 29.7. The summed E-state index contributed by atoms with van der Waals surface area (Å²) in [6, 6.07) is 12.5. The number of hydrogen-bond acceptors (Lipinski definition) is 6. The van der Waals surface area contributed by atoms with Crippen molar-refractivity contribution in [3.8, 4) is 0 Å². The molecule has 1 heterocycles. The van der Waals surface area contributed by atoms with Crippen LogP contribution in [-0.2, 0) is 20.8 Å². The van der Waals surface area contributed by atoms with Crippen LogP contribution in [0.5, 0.6) is 0 Å². The van der Waals surface area contributed by atoms with Gasteiger partial charge in [-0.3, -0.25) is 14.4 Å². The predicted octanol–water partition coefficient (Wildman–Crippen LogP) is 0.210. The normalized spacial score (nSPS) is 13.4. The van der Waals surface area contributed by atoms with Gasteiger partial charge in [0.2, 0.25) is 17.7 Å². The number of thioether (sulfide) groups is 1. The average molecular weight is 500 g/mol. The van der Waals surface area contributed by atoms with E-state index in [2.05, 4.69) is 10.6 Å². The summed E-state index contributed by atoms with van der Waals surface area (Å²) in [5.41, 5.74) is 2.38. The van der Waals surface area contributed by atoms with Crippen molar-refractivity contribution < 1.29 is 43.9 Å². The minimum atomic E-state index is -0.816. The molecular weight excluding hydrogens is 469 g/mol. The molecule has 0 bridgehead atoms. The number of benzene rings is 1. The van der Waals surface area contributed by atoms with Crippen LogP contribution >= 0.6 is 23.1 Å². The van der Waals surface area contributed by atoms with Gasteiger partial charge in [0, 0.05) is 19.2 Å². The maximum Gasteiger partial charge on any atom is 1.00 e. The molecule has 2 rings (SSSR count). The second-order valence-electron chi connectivity index (χ2n) is 7.92. The summed E-state index contributed by atoms with van der Waals surface area (Å²) in [6.07, 6.45) is 0.740.